The molecule has 3 aromatic carbocycles. The van der Waals surface area contributed by atoms with E-state index in [1.54, 1.807) is 29.0 Å². The first-order valence-corrected chi connectivity index (χ1v) is 12.9. The minimum Gasteiger partial charge on any atom is -0.497 e. The molecule has 1 N–H and O–H groups in total. The second-order valence-corrected chi connectivity index (χ2v) is 9.52. The monoisotopic (exact) mass is 512 g/mol. The van der Waals surface area contributed by atoms with E-state index in [2.05, 4.69) is 10.2 Å². The van der Waals surface area contributed by atoms with Crippen molar-refractivity contribution in [1.82, 2.24) is 15.1 Å². The Morgan fingerprint density at radius 3 is 2.16 bits per heavy atom. The van der Waals surface area contributed by atoms with Crippen molar-refractivity contribution in [2.24, 2.45) is 0 Å². The normalized spacial score (nSPS) is 17.7. The number of ether oxygens (including phenoxy) is 1. The van der Waals surface area contributed by atoms with Crippen molar-refractivity contribution >= 4 is 23.4 Å². The number of hydrogen-bond acceptors (Lipinski definition) is 5. The average molecular weight is 513 g/mol. The Labute approximate surface area is 222 Å². The molecule has 3 amide bonds. The number of benzene rings is 3. The van der Waals surface area contributed by atoms with E-state index in [1.807, 2.05) is 66.7 Å². The number of methoxy groups -OCH3 is 1. The zero-order valence-electron chi connectivity index (χ0n) is 21.5. The molecule has 3 aromatic rings. The third kappa shape index (κ3) is 5.49. The summed E-state index contributed by atoms with van der Waals surface area (Å²) in [5, 5.41) is 2.82. The van der Waals surface area contributed by atoms with Crippen LogP contribution in [0.15, 0.2) is 78.9 Å². The smallest absolute Gasteiger partial charge is 0.254 e. The van der Waals surface area contributed by atoms with Gasteiger partial charge in [0.15, 0.2) is 0 Å². The number of nitrogens with zero attached hydrogens (tertiary/aromatic N) is 3. The zero-order chi connectivity index (χ0) is 26.5. The highest BCUT2D eigenvalue weighted by molar-refractivity contribution is 6.00. The molecule has 2 aliphatic heterocycles. The van der Waals surface area contributed by atoms with Crippen molar-refractivity contribution < 1.29 is 19.1 Å². The van der Waals surface area contributed by atoms with Crippen molar-refractivity contribution in [2.45, 2.75) is 12.5 Å². The molecule has 1 unspecified atom stereocenters. The van der Waals surface area contributed by atoms with E-state index in [0.29, 0.717) is 44.8 Å². The molecule has 38 heavy (non-hydrogen) atoms. The van der Waals surface area contributed by atoms with E-state index in [1.165, 1.54) is 0 Å². The molecule has 2 heterocycles. The van der Waals surface area contributed by atoms with Gasteiger partial charge in [0.1, 0.15) is 11.8 Å². The number of piperazine rings is 2. The summed E-state index contributed by atoms with van der Waals surface area (Å²) in [6.07, 6.45) is -0.0256. The van der Waals surface area contributed by atoms with Crippen molar-refractivity contribution in [3.63, 3.8) is 0 Å². The van der Waals surface area contributed by atoms with Gasteiger partial charge in [-0.2, -0.15) is 0 Å². The second-order valence-electron chi connectivity index (χ2n) is 9.52. The van der Waals surface area contributed by atoms with E-state index >= 15 is 0 Å². The highest BCUT2D eigenvalue weighted by atomic mass is 16.5. The third-order valence-electron chi connectivity index (χ3n) is 7.27. The lowest BCUT2D eigenvalue weighted by atomic mass is 10.0. The first-order chi connectivity index (χ1) is 18.5. The van der Waals surface area contributed by atoms with Gasteiger partial charge in [-0.25, -0.2) is 0 Å². The Hall–Kier alpha value is -4.33. The summed E-state index contributed by atoms with van der Waals surface area (Å²) >= 11 is 0. The van der Waals surface area contributed by atoms with E-state index < -0.39 is 6.04 Å². The summed E-state index contributed by atoms with van der Waals surface area (Å²) in [7, 11) is 1.64. The number of carbonyl (C=O) groups is 3. The molecule has 0 saturated carbocycles. The van der Waals surface area contributed by atoms with Gasteiger partial charge in [-0.15, -0.1) is 0 Å². The fourth-order valence-electron chi connectivity index (χ4n) is 5.06. The Morgan fingerprint density at radius 1 is 0.842 bits per heavy atom. The predicted molar refractivity (Wildman–Crippen MR) is 146 cm³/mol. The van der Waals surface area contributed by atoms with Crippen LogP contribution in [0.2, 0.25) is 0 Å². The van der Waals surface area contributed by atoms with Crippen LogP contribution in [0.3, 0.4) is 0 Å². The molecule has 0 aromatic heterocycles. The minimum absolute atomic E-state index is 0.0256. The molecule has 0 aliphatic carbocycles. The van der Waals surface area contributed by atoms with Gasteiger partial charge in [-0.1, -0.05) is 42.5 Å². The molecule has 8 heteroatoms. The van der Waals surface area contributed by atoms with Crippen LogP contribution in [0.1, 0.15) is 16.8 Å². The number of carbonyl (C=O) groups excluding carboxylic acids is 3. The molecular formula is C30H32N4O4. The molecule has 196 valence electrons. The van der Waals surface area contributed by atoms with Gasteiger partial charge < -0.3 is 24.8 Å². The summed E-state index contributed by atoms with van der Waals surface area (Å²) in [6.45, 7) is 3.27. The van der Waals surface area contributed by atoms with Crippen molar-refractivity contribution in [2.75, 3.05) is 51.3 Å². The van der Waals surface area contributed by atoms with Crippen molar-refractivity contribution in [3.05, 3.63) is 84.4 Å². The van der Waals surface area contributed by atoms with E-state index in [9.17, 15) is 14.4 Å². The molecule has 2 fully saturated rings. The van der Waals surface area contributed by atoms with Crippen LogP contribution in [-0.2, 0) is 9.59 Å². The predicted octanol–water partition coefficient (Wildman–Crippen LogP) is 3.04. The average Bonchev–Trinajstić information content (AvgIpc) is 2.98. The third-order valence-corrected chi connectivity index (χ3v) is 7.27. The highest BCUT2D eigenvalue weighted by Gasteiger charge is 2.36. The molecule has 5 rings (SSSR count). The highest BCUT2D eigenvalue weighted by Crippen LogP contribution is 2.23. The number of hydrogen-bond donors (Lipinski definition) is 1. The molecule has 2 aliphatic rings. The van der Waals surface area contributed by atoms with E-state index in [4.69, 9.17) is 4.74 Å². The van der Waals surface area contributed by atoms with Crippen LogP contribution in [0.25, 0.3) is 11.1 Å². The summed E-state index contributed by atoms with van der Waals surface area (Å²) in [5.41, 5.74) is 3.67. The van der Waals surface area contributed by atoms with Gasteiger partial charge in [0.2, 0.25) is 11.8 Å². The summed E-state index contributed by atoms with van der Waals surface area (Å²) in [6, 6.07) is 24.4. The SMILES string of the molecule is COc1ccc(N2CCN(C(=O)CC3C(=O)NCCN3C(=O)c3ccc(-c4ccccc4)cc3)CC2)cc1. The Morgan fingerprint density at radius 2 is 1.50 bits per heavy atom. The molecule has 1 atom stereocenters. The van der Waals surface area contributed by atoms with Crippen LogP contribution in [0.4, 0.5) is 5.69 Å². The molecule has 0 bridgehead atoms. The zero-order valence-corrected chi connectivity index (χ0v) is 21.5. The molecule has 0 radical (unpaired) electrons. The number of anilines is 1. The lowest BCUT2D eigenvalue weighted by Gasteiger charge is -2.39. The first kappa shape index (κ1) is 25.3. The van der Waals surface area contributed by atoms with Gasteiger partial charge in [-0.3, -0.25) is 14.4 Å². The standard InChI is InChI=1S/C30H32N4O4/c1-38-26-13-11-25(12-14-26)32-17-19-33(20-18-32)28(35)21-27-29(36)31-15-16-34(27)30(37)24-9-7-23(8-10-24)22-5-3-2-4-6-22/h2-14,27H,15-21H2,1H3,(H,31,36). The molecule has 8 nitrogen and oxygen atoms in total. The van der Waals surface area contributed by atoms with Gasteiger partial charge in [0, 0.05) is 50.5 Å². The lowest BCUT2D eigenvalue weighted by molar-refractivity contribution is -0.138. The van der Waals surface area contributed by atoms with Crippen LogP contribution in [0, 0.1) is 0 Å². The first-order valence-electron chi connectivity index (χ1n) is 12.9. The molecular weight excluding hydrogens is 480 g/mol. The van der Waals surface area contributed by atoms with Gasteiger partial charge in [0.05, 0.1) is 13.5 Å². The topological polar surface area (TPSA) is 82.2 Å². The largest absolute Gasteiger partial charge is 0.497 e. The van der Waals surface area contributed by atoms with Crippen LogP contribution in [0.5, 0.6) is 5.75 Å². The maximum absolute atomic E-state index is 13.4. The van der Waals surface area contributed by atoms with Gasteiger partial charge >= 0.3 is 0 Å². The Kier molecular flexibility index (Phi) is 7.58. The van der Waals surface area contributed by atoms with E-state index in [0.717, 1.165) is 22.6 Å². The number of amides is 3. The van der Waals surface area contributed by atoms with Crippen LogP contribution >= 0.6 is 0 Å². The lowest BCUT2D eigenvalue weighted by Crippen LogP contribution is -2.59. The van der Waals surface area contributed by atoms with Gasteiger partial charge in [0.25, 0.3) is 5.91 Å². The molecule has 0 spiro atoms. The fourth-order valence-corrected chi connectivity index (χ4v) is 5.06. The van der Waals surface area contributed by atoms with Crippen molar-refractivity contribution in [1.29, 1.82) is 0 Å². The maximum atomic E-state index is 13.4. The second kappa shape index (κ2) is 11.4. The Balaban J connectivity index is 1.22. The van der Waals surface area contributed by atoms with Crippen molar-refractivity contribution in [3.8, 4) is 16.9 Å². The summed E-state index contributed by atoms with van der Waals surface area (Å²) in [5.74, 6) is 0.176. The fraction of sp³-hybridized carbons (Fsp3) is 0.300. The minimum atomic E-state index is -0.822. The number of nitrogens with one attached hydrogen (secondary N) is 1. The van der Waals surface area contributed by atoms with Gasteiger partial charge in [-0.05, 0) is 47.5 Å². The van der Waals surface area contributed by atoms with Crippen LogP contribution < -0.4 is 15.0 Å². The quantitative estimate of drug-likeness (QED) is 0.549. The van der Waals surface area contributed by atoms with Crippen LogP contribution in [-0.4, -0.2) is 79.9 Å². The van der Waals surface area contributed by atoms with E-state index in [-0.39, 0.29) is 24.1 Å². The maximum Gasteiger partial charge on any atom is 0.254 e. The summed E-state index contributed by atoms with van der Waals surface area (Å²) < 4.78 is 5.23. The molecule has 2 saturated heterocycles. The summed E-state index contributed by atoms with van der Waals surface area (Å²) in [4.78, 5) is 45.0. The number of rotatable bonds is 6. The Bertz CT molecular complexity index is 1270.